The van der Waals surface area contributed by atoms with Gasteiger partial charge in [-0.15, -0.1) is 0 Å². The van der Waals surface area contributed by atoms with Crippen LogP contribution in [0.5, 0.6) is 0 Å². The molecule has 2 heterocycles. The Kier molecular flexibility index (Phi) is 5.64. The number of rotatable bonds is 4. The number of sulfonamides is 1. The molecule has 2 fully saturated rings. The van der Waals surface area contributed by atoms with Crippen LogP contribution in [0.3, 0.4) is 0 Å². The summed E-state index contributed by atoms with van der Waals surface area (Å²) in [6, 6.07) is 6.90. The third-order valence-electron chi connectivity index (χ3n) is 5.41. The maximum atomic E-state index is 12.2. The van der Waals surface area contributed by atoms with Crippen LogP contribution >= 0.6 is 0 Å². The van der Waals surface area contributed by atoms with Gasteiger partial charge in [0.1, 0.15) is 6.61 Å². The molecule has 3 atom stereocenters. The van der Waals surface area contributed by atoms with E-state index in [-0.39, 0.29) is 4.90 Å². The van der Waals surface area contributed by atoms with Crippen LogP contribution in [0.15, 0.2) is 29.2 Å². The van der Waals surface area contributed by atoms with Crippen molar-refractivity contribution in [2.45, 2.75) is 50.0 Å². The predicted molar refractivity (Wildman–Crippen MR) is 93.9 cm³/mol. The molecule has 2 N–H and O–H groups in total. The highest BCUT2D eigenvalue weighted by molar-refractivity contribution is 7.90. The molecule has 0 spiro atoms. The fourth-order valence-corrected chi connectivity index (χ4v) is 4.97. The second-order valence-corrected chi connectivity index (χ2v) is 8.86. The van der Waals surface area contributed by atoms with Gasteiger partial charge in [-0.1, -0.05) is 17.7 Å². The Morgan fingerprint density at radius 3 is 2.64 bits per heavy atom. The molecule has 1 aromatic carbocycles. The van der Waals surface area contributed by atoms with E-state index in [0.717, 1.165) is 18.4 Å². The van der Waals surface area contributed by atoms with E-state index < -0.39 is 16.1 Å². The number of aryl methyl sites for hydroxylation is 1. The fourth-order valence-electron chi connectivity index (χ4n) is 4.08. The first kappa shape index (κ1) is 18.2. The lowest BCUT2D eigenvalue weighted by Gasteiger charge is -2.40. The number of hydrogen-bond acceptors (Lipinski definition) is 4. The zero-order chi connectivity index (χ0) is 17.9. The van der Waals surface area contributed by atoms with Gasteiger partial charge in [-0.25, -0.2) is 17.9 Å². The van der Waals surface area contributed by atoms with E-state index >= 15 is 0 Å². The number of carbonyl (C=O) groups is 1. The van der Waals surface area contributed by atoms with Crippen molar-refractivity contribution in [2.75, 3.05) is 19.7 Å². The Hall–Kier alpha value is -1.60. The Morgan fingerprint density at radius 1 is 1.16 bits per heavy atom. The van der Waals surface area contributed by atoms with Gasteiger partial charge in [0, 0.05) is 5.92 Å². The molecule has 2 aliphatic rings. The zero-order valence-electron chi connectivity index (χ0n) is 14.7. The quantitative estimate of drug-likeness (QED) is 0.840. The van der Waals surface area contributed by atoms with Crippen LogP contribution < -0.4 is 9.62 Å². The SMILES string of the molecule is Cc1ccc(S(=O)(=O)NC(=O)OC[C@@H]2CCC[NH+]3CCCC[C@@H]23)cc1. The third-order valence-corrected chi connectivity index (χ3v) is 6.73. The maximum Gasteiger partial charge on any atom is 0.421 e. The van der Waals surface area contributed by atoms with Crippen molar-refractivity contribution in [2.24, 2.45) is 5.92 Å². The minimum atomic E-state index is -3.88. The Labute approximate surface area is 149 Å². The number of benzene rings is 1. The molecule has 3 rings (SSSR count). The monoisotopic (exact) mass is 367 g/mol. The van der Waals surface area contributed by atoms with Gasteiger partial charge in [0.25, 0.3) is 10.0 Å². The van der Waals surface area contributed by atoms with E-state index in [0.29, 0.717) is 18.6 Å². The molecule has 1 amide bonds. The fraction of sp³-hybridized carbons (Fsp3) is 0.611. The number of carbonyl (C=O) groups excluding carboxylic acids is 1. The Balaban J connectivity index is 1.54. The molecule has 138 valence electrons. The topological polar surface area (TPSA) is 76.9 Å². The molecule has 0 aliphatic carbocycles. The maximum absolute atomic E-state index is 12.2. The van der Waals surface area contributed by atoms with Crippen LogP contribution in [0.25, 0.3) is 0 Å². The summed E-state index contributed by atoms with van der Waals surface area (Å²) in [5.74, 6) is 0.330. The number of piperidine rings is 2. The van der Waals surface area contributed by atoms with Crippen molar-refractivity contribution in [1.29, 1.82) is 0 Å². The van der Waals surface area contributed by atoms with Crippen molar-refractivity contribution in [1.82, 2.24) is 4.72 Å². The van der Waals surface area contributed by atoms with Crippen molar-refractivity contribution >= 4 is 16.1 Å². The third kappa shape index (κ3) is 4.52. The molecule has 0 aromatic heterocycles. The van der Waals surface area contributed by atoms with Crippen molar-refractivity contribution in [3.05, 3.63) is 29.8 Å². The first-order chi connectivity index (χ1) is 12.0. The molecule has 25 heavy (non-hydrogen) atoms. The number of hydrogen-bond donors (Lipinski definition) is 2. The van der Waals surface area contributed by atoms with Crippen LogP contribution in [0.1, 0.15) is 37.7 Å². The van der Waals surface area contributed by atoms with Gasteiger partial charge < -0.3 is 9.64 Å². The van der Waals surface area contributed by atoms with Crippen LogP contribution in [0.4, 0.5) is 4.79 Å². The van der Waals surface area contributed by atoms with E-state index in [1.165, 1.54) is 44.5 Å². The smallest absolute Gasteiger partial charge is 0.421 e. The summed E-state index contributed by atoms with van der Waals surface area (Å²) < 4.78 is 31.7. The van der Waals surface area contributed by atoms with Gasteiger partial charge in [-0.3, -0.25) is 0 Å². The second kappa shape index (κ2) is 7.74. The van der Waals surface area contributed by atoms with Crippen molar-refractivity contribution in [3.8, 4) is 0 Å². The Bertz CT molecular complexity index is 700. The lowest BCUT2D eigenvalue weighted by Crippen LogP contribution is -3.18. The number of quaternary nitrogens is 1. The molecule has 2 saturated heterocycles. The molecule has 2 aliphatic heterocycles. The number of nitrogens with one attached hydrogen (secondary N) is 2. The summed E-state index contributed by atoms with van der Waals surface area (Å²) in [6.07, 6.45) is 4.98. The van der Waals surface area contributed by atoms with E-state index in [1.54, 1.807) is 17.0 Å². The van der Waals surface area contributed by atoms with E-state index in [1.807, 2.05) is 11.6 Å². The minimum Gasteiger partial charge on any atom is -0.448 e. The minimum absolute atomic E-state index is 0.0654. The lowest BCUT2D eigenvalue weighted by molar-refractivity contribution is -0.940. The average molecular weight is 367 g/mol. The molecule has 6 nitrogen and oxygen atoms in total. The van der Waals surface area contributed by atoms with Crippen molar-refractivity contribution in [3.63, 3.8) is 0 Å². The predicted octanol–water partition coefficient (Wildman–Crippen LogP) is 1.26. The highest BCUT2D eigenvalue weighted by atomic mass is 32.2. The molecule has 1 aromatic rings. The summed E-state index contributed by atoms with van der Waals surface area (Å²) in [4.78, 5) is 13.7. The zero-order valence-corrected chi connectivity index (χ0v) is 15.5. The summed E-state index contributed by atoms with van der Waals surface area (Å²) >= 11 is 0. The lowest BCUT2D eigenvalue weighted by atomic mass is 9.84. The van der Waals surface area contributed by atoms with Crippen LogP contribution in [-0.2, 0) is 14.8 Å². The largest absolute Gasteiger partial charge is 0.448 e. The van der Waals surface area contributed by atoms with Crippen LogP contribution in [-0.4, -0.2) is 40.2 Å². The number of fused-ring (bicyclic) bond motifs is 1. The molecule has 0 bridgehead atoms. The molecular weight excluding hydrogens is 340 g/mol. The van der Waals surface area contributed by atoms with E-state index in [9.17, 15) is 13.2 Å². The molecule has 1 unspecified atom stereocenters. The number of amides is 1. The summed E-state index contributed by atoms with van der Waals surface area (Å²) in [7, 11) is -3.88. The highest BCUT2D eigenvalue weighted by Crippen LogP contribution is 2.20. The van der Waals surface area contributed by atoms with E-state index in [4.69, 9.17) is 4.74 Å². The molecule has 0 saturated carbocycles. The first-order valence-corrected chi connectivity index (χ1v) is 10.5. The molecular formula is C18H27N2O4S+. The normalized spacial score (nSPS) is 26.5. The van der Waals surface area contributed by atoms with E-state index in [2.05, 4.69) is 0 Å². The van der Waals surface area contributed by atoms with Gasteiger partial charge in [0.15, 0.2) is 0 Å². The van der Waals surface area contributed by atoms with Gasteiger partial charge in [-0.2, -0.15) is 0 Å². The summed E-state index contributed by atoms with van der Waals surface area (Å²) in [6.45, 7) is 4.58. The summed E-state index contributed by atoms with van der Waals surface area (Å²) in [5, 5.41) is 0. The molecule has 7 heteroatoms. The Morgan fingerprint density at radius 2 is 1.88 bits per heavy atom. The molecule has 0 radical (unpaired) electrons. The standard InChI is InChI=1S/C18H26N2O4S/c1-14-7-9-16(10-8-14)25(22,23)19-18(21)24-13-15-5-4-12-20-11-3-2-6-17(15)20/h7-10,15,17H,2-6,11-13H2,1H3,(H,19,21)/p+1/t15-,17-/m0/s1. The second-order valence-electron chi connectivity index (χ2n) is 7.18. The average Bonchev–Trinajstić information content (AvgIpc) is 2.60. The van der Waals surface area contributed by atoms with Gasteiger partial charge in [-0.05, 0) is 51.2 Å². The van der Waals surface area contributed by atoms with Crippen LogP contribution in [0, 0.1) is 12.8 Å². The number of ether oxygens (including phenoxy) is 1. The first-order valence-electron chi connectivity index (χ1n) is 9.06. The van der Waals surface area contributed by atoms with Gasteiger partial charge in [0.05, 0.1) is 24.0 Å². The van der Waals surface area contributed by atoms with Crippen molar-refractivity contribution < 1.29 is 22.8 Å². The summed E-state index contributed by atoms with van der Waals surface area (Å²) in [5.41, 5.74) is 0.957. The van der Waals surface area contributed by atoms with Crippen LogP contribution in [0.2, 0.25) is 0 Å². The van der Waals surface area contributed by atoms with Gasteiger partial charge in [0.2, 0.25) is 0 Å². The van der Waals surface area contributed by atoms with Gasteiger partial charge >= 0.3 is 6.09 Å². The highest BCUT2D eigenvalue weighted by Gasteiger charge is 2.37.